The number of primary amides is 1. The van der Waals surface area contributed by atoms with E-state index < -0.39 is 5.54 Å². The molecule has 106 valence electrons. The molecule has 1 heterocycles. The number of carbonyl (C=O) groups excluding carboxylic acids is 1. The monoisotopic (exact) mass is 256 g/mol. The molecule has 0 aromatic carbocycles. The molecule has 1 saturated heterocycles. The van der Waals surface area contributed by atoms with Crippen LogP contribution in [0.3, 0.4) is 0 Å². The van der Waals surface area contributed by atoms with Gasteiger partial charge in [0.05, 0.1) is 5.54 Å². The van der Waals surface area contributed by atoms with Gasteiger partial charge >= 0.3 is 0 Å². The number of rotatable bonds is 6. The molecule has 0 bridgehead atoms. The molecule has 0 spiro atoms. The van der Waals surface area contributed by atoms with E-state index in [2.05, 4.69) is 29.2 Å². The van der Waals surface area contributed by atoms with Gasteiger partial charge in [0.15, 0.2) is 0 Å². The molecule has 1 amide bonds. The standard InChI is InChI=1S/C13H28N4O/c1-13(15-2,12(14)18)7-10-17-8-5-11(6-9-17)16(3)4/h11,15H,5-10H2,1-4H3,(H2,14,18). The first-order valence-electron chi connectivity index (χ1n) is 6.76. The molecule has 18 heavy (non-hydrogen) atoms. The Balaban J connectivity index is 2.35. The van der Waals surface area contributed by atoms with Crippen LogP contribution in [0.2, 0.25) is 0 Å². The lowest BCUT2D eigenvalue weighted by atomic mass is 9.96. The van der Waals surface area contributed by atoms with E-state index in [9.17, 15) is 4.79 Å². The fourth-order valence-corrected chi connectivity index (χ4v) is 2.41. The Hall–Kier alpha value is -0.650. The molecule has 5 nitrogen and oxygen atoms in total. The minimum Gasteiger partial charge on any atom is -0.368 e. The Morgan fingerprint density at radius 3 is 2.39 bits per heavy atom. The van der Waals surface area contributed by atoms with Gasteiger partial charge in [0.25, 0.3) is 0 Å². The SMILES string of the molecule is CNC(C)(CCN1CCC(N(C)C)CC1)C(N)=O. The van der Waals surface area contributed by atoms with Crippen LogP contribution in [0.15, 0.2) is 0 Å². The van der Waals surface area contributed by atoms with Crippen LogP contribution in [0.1, 0.15) is 26.2 Å². The summed E-state index contributed by atoms with van der Waals surface area (Å²) in [5.74, 6) is -0.270. The van der Waals surface area contributed by atoms with Crippen LogP contribution < -0.4 is 11.1 Å². The second kappa shape index (κ2) is 6.50. The van der Waals surface area contributed by atoms with E-state index in [1.807, 2.05) is 6.92 Å². The minimum atomic E-state index is -0.585. The highest BCUT2D eigenvalue weighted by molar-refractivity contribution is 5.84. The molecule has 0 aliphatic carbocycles. The first-order chi connectivity index (χ1) is 8.39. The molecule has 0 aromatic heterocycles. The molecule has 5 heteroatoms. The summed E-state index contributed by atoms with van der Waals surface area (Å²) in [4.78, 5) is 16.1. The van der Waals surface area contributed by atoms with E-state index in [4.69, 9.17) is 5.73 Å². The topological polar surface area (TPSA) is 61.6 Å². The molecule has 1 aliphatic rings. The van der Waals surface area contributed by atoms with E-state index in [-0.39, 0.29) is 5.91 Å². The third-order valence-electron chi connectivity index (χ3n) is 4.31. The summed E-state index contributed by atoms with van der Waals surface area (Å²) in [7, 11) is 6.08. The van der Waals surface area contributed by atoms with Gasteiger partial charge in [-0.1, -0.05) is 0 Å². The number of likely N-dealkylation sites (tertiary alicyclic amines) is 1. The Bertz CT molecular complexity index is 274. The van der Waals surface area contributed by atoms with Crippen molar-refractivity contribution < 1.29 is 4.79 Å². The number of nitrogens with zero attached hydrogens (tertiary/aromatic N) is 2. The number of carbonyl (C=O) groups is 1. The summed E-state index contributed by atoms with van der Waals surface area (Å²) in [5.41, 5.74) is 4.85. The number of hydrogen-bond acceptors (Lipinski definition) is 4. The molecule has 1 aliphatic heterocycles. The van der Waals surface area contributed by atoms with Crippen molar-refractivity contribution in [2.75, 3.05) is 40.8 Å². The number of piperidine rings is 1. The first kappa shape index (κ1) is 15.4. The molecule has 1 rings (SSSR count). The van der Waals surface area contributed by atoms with Crippen LogP contribution in [-0.4, -0.2) is 68.1 Å². The van der Waals surface area contributed by atoms with E-state index in [1.165, 1.54) is 12.8 Å². The van der Waals surface area contributed by atoms with Crippen LogP contribution in [0.5, 0.6) is 0 Å². The number of amides is 1. The van der Waals surface area contributed by atoms with Gasteiger partial charge in [0, 0.05) is 12.6 Å². The molecule has 0 radical (unpaired) electrons. The number of nitrogens with two attached hydrogens (primary N) is 1. The molecular formula is C13H28N4O. The van der Waals surface area contributed by atoms with Gasteiger partial charge in [0.2, 0.25) is 5.91 Å². The summed E-state index contributed by atoms with van der Waals surface area (Å²) < 4.78 is 0. The van der Waals surface area contributed by atoms with Crippen LogP contribution in [-0.2, 0) is 4.79 Å². The van der Waals surface area contributed by atoms with Gasteiger partial charge in [-0.15, -0.1) is 0 Å². The van der Waals surface area contributed by atoms with Crippen LogP contribution in [0.25, 0.3) is 0 Å². The second-order valence-electron chi connectivity index (χ2n) is 5.73. The third kappa shape index (κ3) is 3.93. The van der Waals surface area contributed by atoms with Crippen molar-refractivity contribution in [3.63, 3.8) is 0 Å². The maximum absolute atomic E-state index is 11.4. The summed E-state index contributed by atoms with van der Waals surface area (Å²) in [6, 6.07) is 0.702. The van der Waals surface area contributed by atoms with Gasteiger partial charge in [-0.05, 0) is 60.4 Å². The molecular weight excluding hydrogens is 228 g/mol. The smallest absolute Gasteiger partial charge is 0.237 e. The molecule has 1 fully saturated rings. The van der Waals surface area contributed by atoms with Crippen molar-refractivity contribution in [3.8, 4) is 0 Å². The van der Waals surface area contributed by atoms with Gasteiger partial charge in [-0.25, -0.2) is 0 Å². The number of nitrogens with one attached hydrogen (secondary N) is 1. The Morgan fingerprint density at radius 1 is 1.44 bits per heavy atom. The molecule has 0 saturated carbocycles. The lowest BCUT2D eigenvalue weighted by Crippen LogP contribution is -2.53. The van der Waals surface area contributed by atoms with Crippen LogP contribution in [0.4, 0.5) is 0 Å². The zero-order chi connectivity index (χ0) is 13.8. The Morgan fingerprint density at radius 2 is 2.00 bits per heavy atom. The molecule has 3 N–H and O–H groups in total. The lowest BCUT2D eigenvalue weighted by Gasteiger charge is -2.36. The first-order valence-corrected chi connectivity index (χ1v) is 6.76. The van der Waals surface area contributed by atoms with Crippen molar-refractivity contribution in [2.24, 2.45) is 5.73 Å². The lowest BCUT2D eigenvalue weighted by molar-refractivity contribution is -0.124. The minimum absolute atomic E-state index is 0.270. The van der Waals surface area contributed by atoms with Gasteiger partial charge in [-0.3, -0.25) is 4.79 Å². The summed E-state index contributed by atoms with van der Waals surface area (Å²) in [5, 5.41) is 3.04. The third-order valence-corrected chi connectivity index (χ3v) is 4.31. The van der Waals surface area contributed by atoms with Crippen LogP contribution in [0, 0.1) is 0 Å². The highest BCUT2D eigenvalue weighted by atomic mass is 16.1. The molecule has 0 aromatic rings. The zero-order valence-electron chi connectivity index (χ0n) is 12.2. The van der Waals surface area contributed by atoms with Crippen molar-refractivity contribution >= 4 is 5.91 Å². The summed E-state index contributed by atoms with van der Waals surface area (Å²) in [6.45, 7) is 5.03. The van der Waals surface area contributed by atoms with E-state index in [0.717, 1.165) is 26.1 Å². The van der Waals surface area contributed by atoms with Gasteiger partial charge in [-0.2, -0.15) is 0 Å². The Kier molecular flexibility index (Phi) is 5.56. The fraction of sp³-hybridized carbons (Fsp3) is 0.923. The quantitative estimate of drug-likeness (QED) is 0.695. The van der Waals surface area contributed by atoms with E-state index in [1.54, 1.807) is 7.05 Å². The normalized spacial score (nSPS) is 22.1. The van der Waals surface area contributed by atoms with Crippen molar-refractivity contribution in [3.05, 3.63) is 0 Å². The van der Waals surface area contributed by atoms with Crippen molar-refractivity contribution in [1.29, 1.82) is 0 Å². The average Bonchev–Trinajstić information content (AvgIpc) is 2.36. The predicted molar refractivity (Wildman–Crippen MR) is 74.4 cm³/mol. The fourth-order valence-electron chi connectivity index (χ4n) is 2.41. The predicted octanol–water partition coefficient (Wildman–Crippen LogP) is -0.134. The second-order valence-corrected chi connectivity index (χ2v) is 5.73. The Labute approximate surface area is 111 Å². The number of likely N-dealkylation sites (N-methyl/N-ethyl adjacent to an activating group) is 1. The maximum atomic E-state index is 11.4. The molecule has 1 unspecified atom stereocenters. The maximum Gasteiger partial charge on any atom is 0.237 e. The van der Waals surface area contributed by atoms with E-state index in [0.29, 0.717) is 6.04 Å². The van der Waals surface area contributed by atoms with Gasteiger partial charge < -0.3 is 20.9 Å². The average molecular weight is 256 g/mol. The molecule has 1 atom stereocenters. The highest BCUT2D eigenvalue weighted by Crippen LogP contribution is 2.16. The summed E-state index contributed by atoms with van der Waals surface area (Å²) in [6.07, 6.45) is 3.19. The summed E-state index contributed by atoms with van der Waals surface area (Å²) >= 11 is 0. The van der Waals surface area contributed by atoms with Crippen molar-refractivity contribution in [2.45, 2.75) is 37.8 Å². The van der Waals surface area contributed by atoms with Gasteiger partial charge in [0.1, 0.15) is 0 Å². The zero-order valence-corrected chi connectivity index (χ0v) is 12.2. The largest absolute Gasteiger partial charge is 0.368 e. The highest BCUT2D eigenvalue weighted by Gasteiger charge is 2.30. The van der Waals surface area contributed by atoms with E-state index >= 15 is 0 Å². The van der Waals surface area contributed by atoms with Crippen LogP contribution >= 0.6 is 0 Å². The number of hydrogen-bond donors (Lipinski definition) is 2. The van der Waals surface area contributed by atoms with Crippen molar-refractivity contribution in [1.82, 2.24) is 15.1 Å².